The summed E-state index contributed by atoms with van der Waals surface area (Å²) >= 11 is 5.90. The number of methoxy groups -OCH3 is 2. The number of aromatic nitrogens is 2. The Morgan fingerprint density at radius 2 is 1.89 bits per heavy atom. The monoisotopic (exact) mass is 505 g/mol. The maximum atomic E-state index is 13.6. The van der Waals surface area contributed by atoms with Gasteiger partial charge in [-0.15, -0.1) is 0 Å². The minimum Gasteiger partial charge on any atom is -0.493 e. The molecule has 3 N–H and O–H groups in total. The van der Waals surface area contributed by atoms with Gasteiger partial charge >= 0.3 is 0 Å². The lowest BCUT2D eigenvalue weighted by atomic mass is 10.0. The van der Waals surface area contributed by atoms with Gasteiger partial charge in [-0.2, -0.15) is 0 Å². The minimum absolute atomic E-state index is 0.0133. The number of amides is 1. The Balaban J connectivity index is 1.80. The predicted octanol–water partition coefficient (Wildman–Crippen LogP) is 2.96. The van der Waals surface area contributed by atoms with Crippen molar-refractivity contribution >= 4 is 17.5 Å². The SMILES string of the molecule is COc1cc(C(=O)NCC(C)(O)c2ncc(OC)c(-c3ccc(F)c(Cl)c3)n2)ccc1OCCO. The molecule has 35 heavy (non-hydrogen) atoms. The number of aliphatic hydroxyl groups excluding tert-OH is 1. The number of hydrogen-bond donors (Lipinski definition) is 3. The first-order valence-electron chi connectivity index (χ1n) is 10.5. The van der Waals surface area contributed by atoms with E-state index in [2.05, 4.69) is 15.3 Å². The highest BCUT2D eigenvalue weighted by molar-refractivity contribution is 6.31. The van der Waals surface area contributed by atoms with Gasteiger partial charge in [-0.1, -0.05) is 11.6 Å². The van der Waals surface area contributed by atoms with E-state index in [1.807, 2.05) is 0 Å². The molecule has 1 atom stereocenters. The molecule has 1 unspecified atom stereocenters. The normalized spacial score (nSPS) is 12.5. The second-order valence-electron chi connectivity index (χ2n) is 7.63. The fraction of sp³-hybridized carbons (Fsp3) is 0.292. The fourth-order valence-corrected chi connectivity index (χ4v) is 3.33. The summed E-state index contributed by atoms with van der Waals surface area (Å²) in [5.41, 5.74) is -0.623. The number of ether oxygens (including phenoxy) is 3. The summed E-state index contributed by atoms with van der Waals surface area (Å²) in [6.45, 7) is 1.15. The summed E-state index contributed by atoms with van der Waals surface area (Å²) in [6.07, 6.45) is 1.38. The van der Waals surface area contributed by atoms with Crippen molar-refractivity contribution in [3.63, 3.8) is 0 Å². The Labute approximate surface area is 206 Å². The van der Waals surface area contributed by atoms with Gasteiger partial charge in [0.1, 0.15) is 23.7 Å². The van der Waals surface area contributed by atoms with Gasteiger partial charge in [0.2, 0.25) is 0 Å². The highest BCUT2D eigenvalue weighted by Gasteiger charge is 2.29. The zero-order valence-electron chi connectivity index (χ0n) is 19.3. The van der Waals surface area contributed by atoms with Gasteiger partial charge in [0, 0.05) is 11.1 Å². The molecule has 0 bridgehead atoms. The number of carbonyl (C=O) groups is 1. The van der Waals surface area contributed by atoms with Gasteiger partial charge in [-0.25, -0.2) is 14.4 Å². The molecule has 11 heteroatoms. The number of benzene rings is 2. The first kappa shape index (κ1) is 26.1. The first-order chi connectivity index (χ1) is 16.7. The fourth-order valence-electron chi connectivity index (χ4n) is 3.15. The van der Waals surface area contributed by atoms with E-state index in [0.717, 1.165) is 0 Å². The highest BCUT2D eigenvalue weighted by atomic mass is 35.5. The summed E-state index contributed by atoms with van der Waals surface area (Å²) in [5.74, 6) is -0.0466. The van der Waals surface area contributed by atoms with Crippen LogP contribution in [0, 0.1) is 5.82 Å². The maximum Gasteiger partial charge on any atom is 0.251 e. The van der Waals surface area contributed by atoms with Crippen molar-refractivity contribution < 1.29 is 33.6 Å². The van der Waals surface area contributed by atoms with E-state index >= 15 is 0 Å². The average molecular weight is 506 g/mol. The zero-order chi connectivity index (χ0) is 25.6. The van der Waals surface area contributed by atoms with Crippen molar-refractivity contribution in [1.82, 2.24) is 15.3 Å². The molecule has 0 aliphatic rings. The summed E-state index contributed by atoms with van der Waals surface area (Å²) < 4.78 is 29.5. The van der Waals surface area contributed by atoms with Crippen molar-refractivity contribution in [2.75, 3.05) is 34.0 Å². The zero-order valence-corrected chi connectivity index (χ0v) is 20.1. The topological polar surface area (TPSA) is 123 Å². The number of carbonyl (C=O) groups excluding carboxylic acids is 1. The Kier molecular flexibility index (Phi) is 8.44. The molecule has 1 heterocycles. The van der Waals surface area contributed by atoms with Gasteiger partial charge in [-0.05, 0) is 43.3 Å². The average Bonchev–Trinajstić information content (AvgIpc) is 2.87. The molecule has 0 aliphatic carbocycles. The van der Waals surface area contributed by atoms with Gasteiger partial charge < -0.3 is 29.7 Å². The standard InChI is InChI=1S/C24H25ClFN3O6/c1-24(32,13-28-22(31)15-5-7-18(35-9-8-30)19(11-15)33-2)23-27-12-20(34-3)21(29-23)14-4-6-17(26)16(25)10-14/h4-7,10-12,30,32H,8-9,13H2,1-3H3,(H,28,31). The van der Waals surface area contributed by atoms with Crippen LogP contribution in [0.1, 0.15) is 23.1 Å². The molecule has 3 rings (SSSR count). The Morgan fingerprint density at radius 3 is 2.54 bits per heavy atom. The molecule has 0 radical (unpaired) electrons. The first-order valence-corrected chi connectivity index (χ1v) is 10.9. The summed E-state index contributed by atoms with van der Waals surface area (Å²) in [5, 5.41) is 22.5. The van der Waals surface area contributed by atoms with Crippen LogP contribution in [0.3, 0.4) is 0 Å². The molecule has 9 nitrogen and oxygen atoms in total. The largest absolute Gasteiger partial charge is 0.493 e. The van der Waals surface area contributed by atoms with E-state index in [9.17, 15) is 14.3 Å². The van der Waals surface area contributed by atoms with Crippen molar-refractivity contribution in [2.45, 2.75) is 12.5 Å². The molecular formula is C24H25ClFN3O6. The van der Waals surface area contributed by atoms with Crippen molar-refractivity contribution in [1.29, 1.82) is 0 Å². The van der Waals surface area contributed by atoms with Gasteiger partial charge in [0.25, 0.3) is 5.91 Å². The number of hydrogen-bond acceptors (Lipinski definition) is 8. The van der Waals surface area contributed by atoms with Gasteiger partial charge in [0.15, 0.2) is 23.1 Å². The summed E-state index contributed by atoms with van der Waals surface area (Å²) in [7, 11) is 2.86. The number of rotatable bonds is 10. The quantitative estimate of drug-likeness (QED) is 0.384. The van der Waals surface area contributed by atoms with Crippen molar-refractivity contribution in [2.24, 2.45) is 0 Å². The molecule has 0 spiro atoms. The maximum absolute atomic E-state index is 13.6. The molecule has 2 aromatic carbocycles. The van der Waals surface area contributed by atoms with Crippen LogP contribution in [0.15, 0.2) is 42.6 Å². The van der Waals surface area contributed by atoms with Gasteiger partial charge in [-0.3, -0.25) is 4.79 Å². The van der Waals surface area contributed by atoms with E-state index in [-0.39, 0.29) is 36.2 Å². The van der Waals surface area contributed by atoms with Crippen LogP contribution >= 0.6 is 11.6 Å². The lowest BCUT2D eigenvalue weighted by molar-refractivity contribution is 0.0448. The Morgan fingerprint density at radius 1 is 1.14 bits per heavy atom. The van der Waals surface area contributed by atoms with E-state index in [0.29, 0.717) is 28.5 Å². The second-order valence-corrected chi connectivity index (χ2v) is 8.04. The molecule has 1 aromatic heterocycles. The summed E-state index contributed by atoms with van der Waals surface area (Å²) in [4.78, 5) is 21.3. The molecule has 0 saturated carbocycles. The molecule has 0 fully saturated rings. The van der Waals surface area contributed by atoms with Crippen LogP contribution in [-0.2, 0) is 5.60 Å². The molecule has 0 saturated heterocycles. The smallest absolute Gasteiger partial charge is 0.251 e. The molecule has 3 aromatic rings. The van der Waals surface area contributed by atoms with E-state index < -0.39 is 17.3 Å². The third-order valence-corrected chi connectivity index (χ3v) is 5.31. The van der Waals surface area contributed by atoms with E-state index in [1.165, 1.54) is 57.7 Å². The lowest BCUT2D eigenvalue weighted by Crippen LogP contribution is -2.40. The Bertz CT molecular complexity index is 1210. The third-order valence-electron chi connectivity index (χ3n) is 5.02. The number of nitrogens with one attached hydrogen (secondary N) is 1. The number of aliphatic hydroxyl groups is 2. The second kappa shape index (κ2) is 11.3. The number of nitrogens with zero attached hydrogens (tertiary/aromatic N) is 2. The van der Waals surface area contributed by atoms with E-state index in [4.69, 9.17) is 30.9 Å². The molecule has 186 valence electrons. The predicted molar refractivity (Wildman–Crippen MR) is 126 cm³/mol. The molecule has 1 amide bonds. The van der Waals surface area contributed by atoms with E-state index in [1.54, 1.807) is 6.07 Å². The van der Waals surface area contributed by atoms with Crippen molar-refractivity contribution in [3.05, 3.63) is 64.8 Å². The molecule has 0 aliphatic heterocycles. The molecular weight excluding hydrogens is 481 g/mol. The van der Waals surface area contributed by atoms with Crippen molar-refractivity contribution in [3.8, 4) is 28.5 Å². The Hall–Kier alpha value is -3.47. The summed E-state index contributed by atoms with van der Waals surface area (Å²) in [6, 6.07) is 8.63. The highest BCUT2D eigenvalue weighted by Crippen LogP contribution is 2.32. The van der Waals surface area contributed by atoms with Crippen LogP contribution in [0.2, 0.25) is 5.02 Å². The lowest BCUT2D eigenvalue weighted by Gasteiger charge is -2.23. The van der Waals surface area contributed by atoms with Crippen LogP contribution in [0.4, 0.5) is 4.39 Å². The third kappa shape index (κ3) is 6.16. The van der Waals surface area contributed by atoms with Crippen LogP contribution in [0.25, 0.3) is 11.3 Å². The van der Waals surface area contributed by atoms with Crippen LogP contribution in [-0.4, -0.2) is 60.1 Å². The van der Waals surface area contributed by atoms with Crippen LogP contribution in [0.5, 0.6) is 17.2 Å². The van der Waals surface area contributed by atoms with Crippen LogP contribution < -0.4 is 19.5 Å². The number of halogens is 2. The van der Waals surface area contributed by atoms with Gasteiger partial charge in [0.05, 0.1) is 38.6 Å². The minimum atomic E-state index is -1.66.